The second-order valence-corrected chi connectivity index (χ2v) is 11.7. The van der Waals surface area contributed by atoms with Crippen LogP contribution in [0.4, 0.5) is 14.6 Å². The van der Waals surface area contributed by atoms with Gasteiger partial charge in [0, 0.05) is 69.9 Å². The van der Waals surface area contributed by atoms with Crippen LogP contribution in [0.25, 0.3) is 11.4 Å². The van der Waals surface area contributed by atoms with E-state index < -0.39 is 17.7 Å². The van der Waals surface area contributed by atoms with Gasteiger partial charge in [-0.2, -0.15) is 0 Å². The van der Waals surface area contributed by atoms with Crippen LogP contribution < -0.4 is 5.32 Å². The van der Waals surface area contributed by atoms with Gasteiger partial charge in [-0.25, -0.2) is 18.7 Å². The molecule has 6 rings (SSSR count). The fourth-order valence-corrected chi connectivity index (χ4v) is 6.44. The molecule has 2 amide bonds. The number of β-amino-alcohol motifs (C(OH)–C–C–N with tert-alkyl or cyclic N) is 1. The Labute approximate surface area is 249 Å². The van der Waals surface area contributed by atoms with Crippen molar-refractivity contribution in [1.29, 1.82) is 0 Å². The van der Waals surface area contributed by atoms with Crippen molar-refractivity contribution < 1.29 is 23.5 Å². The van der Waals surface area contributed by atoms with Crippen LogP contribution in [0.15, 0.2) is 48.5 Å². The molecule has 43 heavy (non-hydrogen) atoms. The zero-order chi connectivity index (χ0) is 30.1. The number of rotatable bonds is 5. The van der Waals surface area contributed by atoms with Crippen molar-refractivity contribution in [2.45, 2.75) is 57.3 Å². The van der Waals surface area contributed by atoms with E-state index in [9.17, 15) is 23.5 Å². The number of aliphatic hydroxyl groups excluding tert-OH is 1. The molecule has 1 aromatic heterocycles. The number of likely N-dealkylation sites (tertiary alicyclic amines) is 2. The molecule has 0 spiro atoms. The quantitative estimate of drug-likeness (QED) is 0.469. The molecule has 0 radical (unpaired) electrons. The number of halogens is 2. The molecule has 0 aliphatic carbocycles. The predicted molar refractivity (Wildman–Crippen MR) is 157 cm³/mol. The summed E-state index contributed by atoms with van der Waals surface area (Å²) in [6, 6.07) is 13.3. The van der Waals surface area contributed by atoms with Crippen molar-refractivity contribution in [3.05, 3.63) is 77.0 Å². The van der Waals surface area contributed by atoms with Crippen molar-refractivity contribution >= 4 is 17.6 Å². The summed E-state index contributed by atoms with van der Waals surface area (Å²) >= 11 is 0. The Bertz CT molecular complexity index is 1510. The first-order chi connectivity index (χ1) is 20.7. The summed E-state index contributed by atoms with van der Waals surface area (Å²) in [6.07, 6.45) is 2.23. The zero-order valence-corrected chi connectivity index (χ0v) is 24.2. The number of hydrogen-bond donors (Lipinski definition) is 2. The Hall–Kier alpha value is -3.96. The van der Waals surface area contributed by atoms with E-state index >= 15 is 0 Å². The van der Waals surface area contributed by atoms with Crippen LogP contribution in [0.2, 0.25) is 0 Å². The lowest BCUT2D eigenvalue weighted by atomic mass is 9.94. The zero-order valence-electron chi connectivity index (χ0n) is 24.2. The minimum atomic E-state index is -1.03. The molecular formula is C32H36F2N6O3. The van der Waals surface area contributed by atoms with E-state index in [1.54, 1.807) is 22.8 Å². The Morgan fingerprint density at radius 3 is 2.37 bits per heavy atom. The minimum absolute atomic E-state index is 0.0125. The molecule has 226 valence electrons. The van der Waals surface area contributed by atoms with Gasteiger partial charge in [0.05, 0.1) is 6.10 Å². The number of aromatic nitrogens is 2. The van der Waals surface area contributed by atoms with Crippen LogP contribution in [-0.4, -0.2) is 92.5 Å². The van der Waals surface area contributed by atoms with E-state index in [1.165, 1.54) is 17.2 Å². The van der Waals surface area contributed by atoms with Crippen molar-refractivity contribution in [2.24, 2.45) is 0 Å². The summed E-state index contributed by atoms with van der Waals surface area (Å²) in [4.78, 5) is 40.2. The molecule has 0 saturated carbocycles. The number of nitrogens with zero attached hydrogens (tertiary/aromatic N) is 5. The first-order valence-corrected chi connectivity index (χ1v) is 14.9. The molecule has 0 unspecified atom stereocenters. The van der Waals surface area contributed by atoms with Crippen LogP contribution >= 0.6 is 0 Å². The first kappa shape index (κ1) is 29.1. The second kappa shape index (κ2) is 12.3. The molecule has 2 saturated heterocycles. The highest BCUT2D eigenvalue weighted by Crippen LogP contribution is 2.27. The predicted octanol–water partition coefficient (Wildman–Crippen LogP) is 3.48. The maximum Gasteiger partial charge on any atom is 0.272 e. The number of aliphatic hydroxyl groups is 1. The Kier molecular flexibility index (Phi) is 8.36. The molecule has 4 heterocycles. The molecule has 2 N–H and O–H groups in total. The van der Waals surface area contributed by atoms with Crippen LogP contribution in [0.3, 0.4) is 0 Å². The standard InChI is InChI=1S/C32H36F2N6O3/c1-20(41)38-13-9-24(10-14-38)35-30-17-27(36-31(37-30)22-6-7-25(33)26(34)16-22)32(43)40-15-11-28(29(42)19-40)39-12-8-21-4-2-3-5-23(21)18-39/h2-7,16-17,24,28-29,42H,8-15,18-19H2,1H3,(H,35,36,37)/t28-,29-/m1/s1. The maximum atomic E-state index is 14.1. The Morgan fingerprint density at radius 1 is 0.907 bits per heavy atom. The molecule has 0 bridgehead atoms. The van der Waals surface area contributed by atoms with Gasteiger partial charge in [-0.05, 0) is 55.0 Å². The number of benzene rings is 2. The number of carbonyl (C=O) groups excluding carboxylic acids is 2. The number of anilines is 1. The van der Waals surface area contributed by atoms with Crippen LogP contribution in [-0.2, 0) is 17.8 Å². The third-order valence-electron chi connectivity index (χ3n) is 8.88. The summed E-state index contributed by atoms with van der Waals surface area (Å²) in [5.41, 5.74) is 2.97. The molecule has 11 heteroatoms. The van der Waals surface area contributed by atoms with Crippen LogP contribution in [0.1, 0.15) is 47.8 Å². The van der Waals surface area contributed by atoms with Crippen molar-refractivity contribution in [2.75, 3.05) is 38.0 Å². The third-order valence-corrected chi connectivity index (χ3v) is 8.88. The number of amides is 2. The van der Waals surface area contributed by atoms with Gasteiger partial charge < -0.3 is 20.2 Å². The number of piperidine rings is 2. The second-order valence-electron chi connectivity index (χ2n) is 11.7. The van der Waals surface area contributed by atoms with E-state index in [-0.39, 0.29) is 47.5 Å². The monoisotopic (exact) mass is 590 g/mol. The van der Waals surface area contributed by atoms with Crippen molar-refractivity contribution in [1.82, 2.24) is 24.7 Å². The molecule has 2 fully saturated rings. The fourth-order valence-electron chi connectivity index (χ4n) is 6.44. The largest absolute Gasteiger partial charge is 0.390 e. The summed E-state index contributed by atoms with van der Waals surface area (Å²) in [5, 5.41) is 14.5. The fraction of sp³-hybridized carbons (Fsp3) is 0.438. The molecule has 2 aromatic carbocycles. The lowest BCUT2D eigenvalue weighted by Crippen LogP contribution is -2.56. The molecular weight excluding hydrogens is 554 g/mol. The lowest BCUT2D eigenvalue weighted by Gasteiger charge is -2.43. The van der Waals surface area contributed by atoms with Crippen molar-refractivity contribution in [3.8, 4) is 11.4 Å². The number of carbonyl (C=O) groups is 2. The molecule has 9 nitrogen and oxygen atoms in total. The molecule has 2 atom stereocenters. The van der Waals surface area contributed by atoms with Gasteiger partial charge >= 0.3 is 0 Å². The van der Waals surface area contributed by atoms with Gasteiger partial charge in [0.1, 0.15) is 11.5 Å². The minimum Gasteiger partial charge on any atom is -0.390 e. The van der Waals surface area contributed by atoms with Crippen molar-refractivity contribution in [3.63, 3.8) is 0 Å². The van der Waals surface area contributed by atoms with Gasteiger partial charge in [0.25, 0.3) is 5.91 Å². The van der Waals surface area contributed by atoms with E-state index in [0.29, 0.717) is 44.7 Å². The van der Waals surface area contributed by atoms with Gasteiger partial charge in [-0.1, -0.05) is 24.3 Å². The Balaban J connectivity index is 1.20. The number of nitrogens with one attached hydrogen (secondary N) is 1. The van der Waals surface area contributed by atoms with Gasteiger partial charge in [-0.3, -0.25) is 14.5 Å². The highest BCUT2D eigenvalue weighted by atomic mass is 19.2. The van der Waals surface area contributed by atoms with E-state index in [0.717, 1.165) is 31.6 Å². The lowest BCUT2D eigenvalue weighted by molar-refractivity contribution is -0.129. The smallest absolute Gasteiger partial charge is 0.272 e. The Morgan fingerprint density at radius 2 is 1.65 bits per heavy atom. The van der Waals surface area contributed by atoms with E-state index in [4.69, 9.17) is 0 Å². The number of hydrogen-bond acceptors (Lipinski definition) is 7. The van der Waals surface area contributed by atoms with Gasteiger partial charge in [-0.15, -0.1) is 0 Å². The van der Waals surface area contributed by atoms with Gasteiger partial charge in [0.2, 0.25) is 5.91 Å². The van der Waals surface area contributed by atoms with E-state index in [2.05, 4.69) is 38.4 Å². The average Bonchev–Trinajstić information content (AvgIpc) is 3.02. The average molecular weight is 591 g/mol. The van der Waals surface area contributed by atoms with E-state index in [1.807, 2.05) is 6.07 Å². The summed E-state index contributed by atoms with van der Waals surface area (Å²) < 4.78 is 27.8. The third kappa shape index (κ3) is 6.37. The normalized spacial score (nSPS) is 21.4. The van der Waals surface area contributed by atoms with Crippen LogP contribution in [0.5, 0.6) is 0 Å². The molecule has 3 aromatic rings. The molecule has 3 aliphatic rings. The highest BCUT2D eigenvalue weighted by Gasteiger charge is 2.36. The SMILES string of the molecule is CC(=O)N1CCC(Nc2cc(C(=O)N3CC[C@@H](N4CCc5ccccc5C4)[C@H](O)C3)nc(-c3ccc(F)c(F)c3)n2)CC1. The summed E-state index contributed by atoms with van der Waals surface area (Å²) in [7, 11) is 0. The number of fused-ring (bicyclic) bond motifs is 1. The van der Waals surface area contributed by atoms with Crippen LogP contribution in [0, 0.1) is 11.6 Å². The van der Waals surface area contributed by atoms with Gasteiger partial charge in [0.15, 0.2) is 17.5 Å². The molecule has 3 aliphatic heterocycles. The first-order valence-electron chi connectivity index (χ1n) is 14.9. The topological polar surface area (TPSA) is 102 Å². The summed E-state index contributed by atoms with van der Waals surface area (Å²) in [6.45, 7) is 5.01. The highest BCUT2D eigenvalue weighted by molar-refractivity contribution is 5.93. The summed E-state index contributed by atoms with van der Waals surface area (Å²) in [5.74, 6) is -1.86. The maximum absolute atomic E-state index is 14.1.